The molecule has 0 N–H and O–H groups in total. The lowest BCUT2D eigenvalue weighted by Crippen LogP contribution is -2.07. The van der Waals surface area contributed by atoms with Gasteiger partial charge in [-0.1, -0.05) is 48.5 Å². The summed E-state index contributed by atoms with van der Waals surface area (Å²) in [6.07, 6.45) is 1.52. The minimum atomic E-state index is -0.439. The number of esters is 1. The zero-order valence-electron chi connectivity index (χ0n) is 14.7. The van der Waals surface area contributed by atoms with Crippen LogP contribution in [0.2, 0.25) is 0 Å². The molecule has 0 aliphatic rings. The standard InChI is InChI=1S/C22H14N2O4/c25-22(27-13-19-23-24-21(28-19)18-10-5-11-26-18)20-16-8-3-1-6-14(16)12-15-7-2-4-9-17(15)20/h1-12H,13H2. The summed E-state index contributed by atoms with van der Waals surface area (Å²) in [4.78, 5) is 13.0. The number of fused-ring (bicyclic) bond motifs is 2. The zero-order chi connectivity index (χ0) is 18.9. The maximum absolute atomic E-state index is 13.0. The Kier molecular flexibility index (Phi) is 3.87. The molecule has 28 heavy (non-hydrogen) atoms. The second kappa shape index (κ2) is 6.66. The Hall–Kier alpha value is -3.93. The van der Waals surface area contributed by atoms with Crippen LogP contribution in [-0.2, 0) is 11.3 Å². The summed E-state index contributed by atoms with van der Waals surface area (Å²) >= 11 is 0. The van der Waals surface area contributed by atoms with E-state index in [1.54, 1.807) is 12.1 Å². The molecule has 136 valence electrons. The van der Waals surface area contributed by atoms with Gasteiger partial charge < -0.3 is 13.6 Å². The largest absolute Gasteiger partial charge is 0.459 e. The Labute approximate surface area is 159 Å². The van der Waals surface area contributed by atoms with E-state index in [0.29, 0.717) is 11.3 Å². The third-order valence-corrected chi connectivity index (χ3v) is 4.50. The first-order valence-electron chi connectivity index (χ1n) is 8.73. The van der Waals surface area contributed by atoms with E-state index in [2.05, 4.69) is 16.3 Å². The Balaban J connectivity index is 1.47. The fraction of sp³-hybridized carbons (Fsp3) is 0.0455. The van der Waals surface area contributed by atoms with Crippen LogP contribution in [0.15, 0.2) is 81.8 Å². The molecule has 0 unspecified atom stereocenters. The van der Waals surface area contributed by atoms with E-state index in [1.165, 1.54) is 6.26 Å². The van der Waals surface area contributed by atoms with Gasteiger partial charge in [-0.25, -0.2) is 4.79 Å². The average Bonchev–Trinajstić information content (AvgIpc) is 3.42. The minimum absolute atomic E-state index is 0.121. The normalized spacial score (nSPS) is 11.1. The van der Waals surface area contributed by atoms with E-state index in [4.69, 9.17) is 13.6 Å². The molecule has 0 saturated carbocycles. The van der Waals surface area contributed by atoms with Crippen LogP contribution in [0.4, 0.5) is 0 Å². The van der Waals surface area contributed by atoms with E-state index >= 15 is 0 Å². The number of carbonyl (C=O) groups excluding carboxylic acids is 1. The third kappa shape index (κ3) is 2.81. The molecule has 0 amide bonds. The van der Waals surface area contributed by atoms with Crippen LogP contribution in [0.5, 0.6) is 0 Å². The molecule has 2 heterocycles. The summed E-state index contributed by atoms with van der Waals surface area (Å²) in [6, 6.07) is 21.0. The smallest absolute Gasteiger partial charge is 0.339 e. The summed E-state index contributed by atoms with van der Waals surface area (Å²) in [5, 5.41) is 11.5. The highest BCUT2D eigenvalue weighted by molar-refractivity contribution is 6.16. The van der Waals surface area contributed by atoms with Crippen LogP contribution in [0.25, 0.3) is 33.2 Å². The molecule has 6 heteroatoms. The quantitative estimate of drug-likeness (QED) is 0.327. The molecular formula is C22H14N2O4. The Morgan fingerprint density at radius 3 is 2.29 bits per heavy atom. The van der Waals surface area contributed by atoms with Crippen molar-refractivity contribution in [3.63, 3.8) is 0 Å². The van der Waals surface area contributed by atoms with Crippen LogP contribution in [0.3, 0.4) is 0 Å². The molecule has 0 atom stereocenters. The summed E-state index contributed by atoms with van der Waals surface area (Å²) in [6.45, 7) is -0.121. The number of aromatic nitrogens is 2. The first-order valence-corrected chi connectivity index (χ1v) is 8.73. The van der Waals surface area contributed by atoms with Crippen LogP contribution >= 0.6 is 0 Å². The molecule has 0 aliphatic heterocycles. The fourth-order valence-corrected chi connectivity index (χ4v) is 3.24. The molecule has 0 spiro atoms. The number of carbonyl (C=O) groups is 1. The van der Waals surface area contributed by atoms with Gasteiger partial charge in [0.25, 0.3) is 11.8 Å². The van der Waals surface area contributed by atoms with E-state index in [0.717, 1.165) is 21.5 Å². The number of furan rings is 1. The Morgan fingerprint density at radius 2 is 1.61 bits per heavy atom. The number of nitrogens with zero attached hydrogens (tertiary/aromatic N) is 2. The van der Waals surface area contributed by atoms with Gasteiger partial charge in [-0.3, -0.25) is 0 Å². The van der Waals surface area contributed by atoms with Gasteiger partial charge in [0.2, 0.25) is 0 Å². The van der Waals surface area contributed by atoms with Gasteiger partial charge in [0.1, 0.15) is 0 Å². The maximum atomic E-state index is 13.0. The number of hydrogen-bond donors (Lipinski definition) is 0. The van der Waals surface area contributed by atoms with Crippen LogP contribution in [0, 0.1) is 0 Å². The van der Waals surface area contributed by atoms with E-state index < -0.39 is 5.97 Å². The van der Waals surface area contributed by atoms with E-state index in [-0.39, 0.29) is 18.4 Å². The SMILES string of the molecule is O=C(OCc1nnc(-c2ccco2)o1)c1c2ccccc2cc2ccccc12. The van der Waals surface area contributed by atoms with Gasteiger partial charge >= 0.3 is 5.97 Å². The monoisotopic (exact) mass is 370 g/mol. The van der Waals surface area contributed by atoms with Crippen molar-refractivity contribution in [3.8, 4) is 11.7 Å². The van der Waals surface area contributed by atoms with Gasteiger partial charge in [0.15, 0.2) is 12.4 Å². The van der Waals surface area contributed by atoms with Gasteiger partial charge in [-0.05, 0) is 39.7 Å². The van der Waals surface area contributed by atoms with Crippen molar-refractivity contribution in [1.29, 1.82) is 0 Å². The number of hydrogen-bond acceptors (Lipinski definition) is 6. The van der Waals surface area contributed by atoms with Crippen molar-refractivity contribution in [2.24, 2.45) is 0 Å². The topological polar surface area (TPSA) is 78.4 Å². The fourth-order valence-electron chi connectivity index (χ4n) is 3.24. The number of rotatable bonds is 4. The molecule has 0 fully saturated rings. The van der Waals surface area contributed by atoms with Crippen LogP contribution in [-0.4, -0.2) is 16.2 Å². The predicted octanol–water partition coefficient (Wildman–Crippen LogP) is 4.99. The molecule has 2 aromatic heterocycles. The van der Waals surface area contributed by atoms with Crippen molar-refractivity contribution < 1.29 is 18.4 Å². The Bertz CT molecular complexity index is 1230. The first kappa shape index (κ1) is 16.3. The van der Waals surface area contributed by atoms with Gasteiger partial charge in [-0.15, -0.1) is 10.2 Å². The molecule has 5 aromatic rings. The van der Waals surface area contributed by atoms with Crippen LogP contribution < -0.4 is 0 Å². The molecule has 3 aromatic carbocycles. The molecular weight excluding hydrogens is 356 g/mol. The van der Waals surface area contributed by atoms with Crippen molar-refractivity contribution >= 4 is 27.5 Å². The molecule has 0 aliphatic carbocycles. The first-order chi connectivity index (χ1) is 13.8. The summed E-state index contributed by atoms with van der Waals surface area (Å²) in [5.41, 5.74) is 0.527. The molecule has 0 saturated heterocycles. The van der Waals surface area contributed by atoms with Crippen molar-refractivity contribution in [2.45, 2.75) is 6.61 Å². The molecule has 0 radical (unpaired) electrons. The number of benzene rings is 3. The number of ether oxygens (including phenoxy) is 1. The second-order valence-corrected chi connectivity index (χ2v) is 6.25. The second-order valence-electron chi connectivity index (χ2n) is 6.25. The van der Waals surface area contributed by atoms with E-state index in [1.807, 2.05) is 48.5 Å². The van der Waals surface area contributed by atoms with Crippen LogP contribution in [0.1, 0.15) is 16.2 Å². The maximum Gasteiger partial charge on any atom is 0.339 e. The molecule has 6 nitrogen and oxygen atoms in total. The van der Waals surface area contributed by atoms with E-state index in [9.17, 15) is 4.79 Å². The average molecular weight is 370 g/mol. The lowest BCUT2D eigenvalue weighted by Gasteiger charge is -2.10. The van der Waals surface area contributed by atoms with Gasteiger partial charge in [0.05, 0.1) is 11.8 Å². The highest BCUT2D eigenvalue weighted by atomic mass is 16.5. The molecule has 5 rings (SSSR count). The third-order valence-electron chi connectivity index (χ3n) is 4.50. The van der Waals surface area contributed by atoms with Crippen molar-refractivity contribution in [3.05, 3.63) is 84.4 Å². The predicted molar refractivity (Wildman–Crippen MR) is 103 cm³/mol. The Morgan fingerprint density at radius 1 is 0.893 bits per heavy atom. The van der Waals surface area contributed by atoms with Gasteiger partial charge in [-0.2, -0.15) is 0 Å². The lowest BCUT2D eigenvalue weighted by molar-refractivity contribution is 0.0443. The van der Waals surface area contributed by atoms with Crippen molar-refractivity contribution in [2.75, 3.05) is 0 Å². The summed E-state index contributed by atoms with van der Waals surface area (Å²) in [5.74, 6) is 0.465. The van der Waals surface area contributed by atoms with Gasteiger partial charge in [0, 0.05) is 0 Å². The highest BCUT2D eigenvalue weighted by Gasteiger charge is 2.18. The summed E-state index contributed by atoms with van der Waals surface area (Å²) in [7, 11) is 0. The highest BCUT2D eigenvalue weighted by Crippen LogP contribution is 2.29. The molecule has 0 bridgehead atoms. The summed E-state index contributed by atoms with van der Waals surface area (Å²) < 4.78 is 16.2. The minimum Gasteiger partial charge on any atom is -0.459 e. The van der Waals surface area contributed by atoms with Crippen molar-refractivity contribution in [1.82, 2.24) is 10.2 Å². The lowest BCUT2D eigenvalue weighted by atomic mass is 9.97. The zero-order valence-corrected chi connectivity index (χ0v) is 14.7.